The Kier molecular flexibility index (Phi) is 5.65. The van der Waals surface area contributed by atoms with E-state index in [9.17, 15) is 0 Å². The third kappa shape index (κ3) is 4.28. The minimum atomic E-state index is 0.371. The summed E-state index contributed by atoms with van der Waals surface area (Å²) in [4.78, 5) is 2.42. The zero-order valence-corrected chi connectivity index (χ0v) is 16.1. The molecule has 0 N–H and O–H groups in total. The number of ether oxygens (including phenoxy) is 1. The van der Waals surface area contributed by atoms with Crippen molar-refractivity contribution in [1.82, 2.24) is 19.2 Å². The van der Waals surface area contributed by atoms with Gasteiger partial charge < -0.3 is 4.74 Å². The van der Waals surface area contributed by atoms with Gasteiger partial charge in [-0.3, -0.25) is 9.47 Å². The van der Waals surface area contributed by atoms with Crippen molar-refractivity contribution in [2.24, 2.45) is 0 Å². The van der Waals surface area contributed by atoms with Gasteiger partial charge in [-0.15, -0.1) is 0 Å². The number of nitrogens with zero attached hydrogens (tertiary/aromatic N) is 4. The predicted octanol–water partition coefficient (Wildman–Crippen LogP) is 4.43. The summed E-state index contributed by atoms with van der Waals surface area (Å²) in [6.45, 7) is 3.32. The highest BCUT2D eigenvalue weighted by Crippen LogP contribution is 2.17. The van der Waals surface area contributed by atoms with Crippen LogP contribution in [0, 0.1) is 4.77 Å². The molecule has 0 unspecified atom stereocenters. The molecule has 5 nitrogen and oxygen atoms in total. The summed E-state index contributed by atoms with van der Waals surface area (Å²) in [5, 5.41) is 4.80. The molecule has 1 aliphatic rings. The number of benzene rings is 2. The highest BCUT2D eigenvalue weighted by atomic mass is 32.1. The van der Waals surface area contributed by atoms with Gasteiger partial charge in [-0.05, 0) is 62.4 Å². The predicted molar refractivity (Wildman–Crippen MR) is 109 cm³/mol. The molecule has 140 valence electrons. The Bertz CT molecular complexity index is 914. The van der Waals surface area contributed by atoms with Gasteiger partial charge in [-0.1, -0.05) is 42.8 Å². The minimum absolute atomic E-state index is 0.371. The second-order valence-electron chi connectivity index (χ2n) is 6.79. The van der Waals surface area contributed by atoms with Crippen LogP contribution >= 0.6 is 12.2 Å². The van der Waals surface area contributed by atoms with E-state index in [-0.39, 0.29) is 0 Å². The van der Waals surface area contributed by atoms with Crippen LogP contribution in [0.2, 0.25) is 0 Å². The van der Waals surface area contributed by atoms with E-state index in [4.69, 9.17) is 22.1 Å². The van der Waals surface area contributed by atoms with Crippen LogP contribution in [0.15, 0.2) is 60.7 Å². The largest absolute Gasteiger partial charge is 0.486 e. The van der Waals surface area contributed by atoms with Crippen LogP contribution in [-0.4, -0.2) is 32.3 Å². The van der Waals surface area contributed by atoms with E-state index in [0.717, 1.165) is 37.0 Å². The molecule has 0 amide bonds. The lowest BCUT2D eigenvalue weighted by Crippen LogP contribution is -2.32. The van der Waals surface area contributed by atoms with Crippen LogP contribution in [0.5, 0.6) is 5.75 Å². The number of aromatic nitrogens is 3. The molecule has 0 atom stereocenters. The van der Waals surface area contributed by atoms with E-state index in [1.807, 2.05) is 57.8 Å². The number of piperidine rings is 1. The lowest BCUT2D eigenvalue weighted by Gasteiger charge is -2.25. The quantitative estimate of drug-likeness (QED) is 0.593. The van der Waals surface area contributed by atoms with Crippen molar-refractivity contribution in [2.75, 3.05) is 13.1 Å². The van der Waals surface area contributed by atoms with E-state index in [0.29, 0.717) is 11.4 Å². The van der Waals surface area contributed by atoms with Crippen molar-refractivity contribution in [3.8, 4) is 11.4 Å². The Morgan fingerprint density at radius 3 is 2.26 bits per heavy atom. The van der Waals surface area contributed by atoms with Crippen LogP contribution in [0.4, 0.5) is 0 Å². The fourth-order valence-electron chi connectivity index (χ4n) is 3.43. The van der Waals surface area contributed by atoms with E-state index in [2.05, 4.69) is 17.0 Å². The van der Waals surface area contributed by atoms with Crippen molar-refractivity contribution in [1.29, 1.82) is 0 Å². The number of hydrogen-bond acceptors (Lipinski definition) is 4. The van der Waals surface area contributed by atoms with Crippen molar-refractivity contribution >= 4 is 12.2 Å². The lowest BCUT2D eigenvalue weighted by atomic mass is 10.1. The molecule has 1 saturated heterocycles. The molecule has 2 aromatic carbocycles. The highest BCUT2D eigenvalue weighted by Gasteiger charge is 2.16. The van der Waals surface area contributed by atoms with Crippen LogP contribution in [0.1, 0.15) is 25.1 Å². The second-order valence-corrected chi connectivity index (χ2v) is 7.16. The first-order chi connectivity index (χ1) is 13.3. The van der Waals surface area contributed by atoms with Crippen molar-refractivity contribution < 1.29 is 4.74 Å². The molecule has 0 aliphatic carbocycles. The van der Waals surface area contributed by atoms with Gasteiger partial charge in [0.15, 0.2) is 5.82 Å². The van der Waals surface area contributed by atoms with Gasteiger partial charge in [0.1, 0.15) is 12.4 Å². The topological polar surface area (TPSA) is 35.2 Å². The van der Waals surface area contributed by atoms with Gasteiger partial charge >= 0.3 is 0 Å². The van der Waals surface area contributed by atoms with Gasteiger partial charge in [0, 0.05) is 5.69 Å². The Morgan fingerprint density at radius 1 is 0.889 bits per heavy atom. The zero-order chi connectivity index (χ0) is 18.5. The average Bonchev–Trinajstić information content (AvgIpc) is 3.04. The summed E-state index contributed by atoms with van der Waals surface area (Å²) < 4.78 is 10.6. The van der Waals surface area contributed by atoms with Crippen LogP contribution in [0.3, 0.4) is 0 Å². The van der Waals surface area contributed by atoms with Gasteiger partial charge in [0.2, 0.25) is 4.77 Å². The normalized spacial score (nSPS) is 15.0. The van der Waals surface area contributed by atoms with Gasteiger partial charge in [-0.25, -0.2) is 4.68 Å². The zero-order valence-electron chi connectivity index (χ0n) is 15.3. The Labute approximate surface area is 164 Å². The van der Waals surface area contributed by atoms with E-state index < -0.39 is 0 Å². The molecule has 4 rings (SSSR count). The van der Waals surface area contributed by atoms with Gasteiger partial charge in [-0.2, -0.15) is 5.10 Å². The van der Waals surface area contributed by atoms with E-state index in [1.165, 1.54) is 19.3 Å². The number of hydrogen-bond donors (Lipinski definition) is 0. The van der Waals surface area contributed by atoms with Crippen LogP contribution in [0.25, 0.3) is 5.69 Å². The third-order valence-electron chi connectivity index (χ3n) is 4.81. The molecule has 6 heteroatoms. The first kappa shape index (κ1) is 17.9. The fraction of sp³-hybridized carbons (Fsp3) is 0.333. The van der Waals surface area contributed by atoms with Crippen molar-refractivity contribution in [3.05, 3.63) is 71.3 Å². The summed E-state index contributed by atoms with van der Waals surface area (Å²) in [6, 6.07) is 19.9. The molecular weight excluding hydrogens is 356 g/mol. The van der Waals surface area contributed by atoms with Gasteiger partial charge in [0.05, 0.1) is 6.67 Å². The molecule has 1 fully saturated rings. The number of likely N-dealkylation sites (tertiary alicyclic amines) is 1. The summed E-state index contributed by atoms with van der Waals surface area (Å²) in [5.74, 6) is 1.64. The second kappa shape index (κ2) is 8.50. The summed E-state index contributed by atoms with van der Waals surface area (Å²) in [6.07, 6.45) is 3.81. The maximum atomic E-state index is 5.96. The molecule has 1 aliphatic heterocycles. The third-order valence-corrected chi connectivity index (χ3v) is 5.21. The van der Waals surface area contributed by atoms with Crippen LogP contribution < -0.4 is 4.74 Å². The van der Waals surface area contributed by atoms with Crippen molar-refractivity contribution in [3.63, 3.8) is 0 Å². The first-order valence-corrected chi connectivity index (χ1v) is 9.86. The molecule has 27 heavy (non-hydrogen) atoms. The Balaban J connectivity index is 1.63. The van der Waals surface area contributed by atoms with Crippen molar-refractivity contribution in [2.45, 2.75) is 32.5 Å². The minimum Gasteiger partial charge on any atom is -0.486 e. The maximum absolute atomic E-state index is 5.96. The van der Waals surface area contributed by atoms with Gasteiger partial charge in [0.25, 0.3) is 0 Å². The van der Waals surface area contributed by atoms with E-state index in [1.54, 1.807) is 0 Å². The molecular formula is C21H24N4OS. The number of para-hydroxylation sites is 2. The maximum Gasteiger partial charge on any atom is 0.203 e. The summed E-state index contributed by atoms with van der Waals surface area (Å²) in [7, 11) is 0. The number of rotatable bonds is 6. The molecule has 0 bridgehead atoms. The molecule has 0 radical (unpaired) electrons. The molecule has 3 aromatic rings. The molecule has 0 saturated carbocycles. The van der Waals surface area contributed by atoms with Crippen LogP contribution in [-0.2, 0) is 13.3 Å². The Morgan fingerprint density at radius 2 is 1.56 bits per heavy atom. The lowest BCUT2D eigenvalue weighted by molar-refractivity contribution is 0.171. The Hall–Kier alpha value is -2.44. The first-order valence-electron chi connectivity index (χ1n) is 9.45. The fourth-order valence-corrected chi connectivity index (χ4v) is 3.74. The SMILES string of the molecule is S=c1n(CN2CCCCC2)nc(COc2ccccc2)n1-c1ccccc1. The highest BCUT2D eigenvalue weighted by molar-refractivity contribution is 7.71. The standard InChI is InChI=1S/C21H24N4OS/c27-21-24(17-23-14-8-3-9-15-23)22-20(16-26-19-12-6-2-7-13-19)25(21)18-10-4-1-5-11-18/h1-2,4-7,10-13H,3,8-9,14-17H2. The average molecular weight is 381 g/mol. The van der Waals surface area contributed by atoms with E-state index >= 15 is 0 Å². The molecule has 2 heterocycles. The monoisotopic (exact) mass is 380 g/mol. The molecule has 1 aromatic heterocycles. The smallest absolute Gasteiger partial charge is 0.203 e. The molecule has 0 spiro atoms. The summed E-state index contributed by atoms with van der Waals surface area (Å²) in [5.41, 5.74) is 1.01. The summed E-state index contributed by atoms with van der Waals surface area (Å²) >= 11 is 5.78.